The second-order valence-electron chi connectivity index (χ2n) is 7.34. The molecular weight excluding hydrogens is 236 g/mol. The topological polar surface area (TPSA) is 29.5 Å². The van der Waals surface area contributed by atoms with Crippen molar-refractivity contribution in [3.8, 4) is 0 Å². The van der Waals surface area contributed by atoms with Crippen molar-refractivity contribution >= 4 is 0 Å². The summed E-state index contributed by atoms with van der Waals surface area (Å²) in [6, 6.07) is 0. The average Bonchev–Trinajstić information content (AvgIpc) is 2.40. The van der Waals surface area contributed by atoms with Crippen molar-refractivity contribution in [1.29, 1.82) is 0 Å². The minimum Gasteiger partial charge on any atom is -0.393 e. The van der Waals surface area contributed by atoms with Gasteiger partial charge in [-0.1, -0.05) is 19.8 Å². The van der Waals surface area contributed by atoms with E-state index in [0.29, 0.717) is 5.92 Å². The lowest BCUT2D eigenvalue weighted by Crippen LogP contribution is -2.49. The third-order valence-electron chi connectivity index (χ3n) is 6.07. The first-order valence-electron chi connectivity index (χ1n) is 8.54. The monoisotopic (exact) mass is 266 g/mol. The van der Waals surface area contributed by atoms with E-state index in [2.05, 4.69) is 6.92 Å². The van der Waals surface area contributed by atoms with Crippen LogP contribution in [0.4, 0.5) is 0 Å². The molecule has 4 unspecified atom stereocenters. The van der Waals surface area contributed by atoms with Gasteiger partial charge in [-0.3, -0.25) is 0 Å². The van der Waals surface area contributed by atoms with E-state index >= 15 is 0 Å². The third kappa shape index (κ3) is 2.85. The second kappa shape index (κ2) is 5.73. The Morgan fingerprint density at radius 3 is 2.74 bits per heavy atom. The molecule has 3 aliphatic rings. The van der Waals surface area contributed by atoms with Gasteiger partial charge in [0.25, 0.3) is 0 Å². The van der Waals surface area contributed by atoms with Crippen LogP contribution in [-0.4, -0.2) is 23.4 Å². The molecule has 4 atom stereocenters. The third-order valence-corrected chi connectivity index (χ3v) is 6.07. The molecule has 110 valence electrons. The van der Waals surface area contributed by atoms with Crippen LogP contribution in [0.2, 0.25) is 0 Å². The van der Waals surface area contributed by atoms with Gasteiger partial charge in [0.2, 0.25) is 0 Å². The fourth-order valence-corrected chi connectivity index (χ4v) is 4.81. The minimum atomic E-state index is -0.0340. The van der Waals surface area contributed by atoms with Crippen molar-refractivity contribution in [3.63, 3.8) is 0 Å². The van der Waals surface area contributed by atoms with Crippen LogP contribution in [0.25, 0.3) is 0 Å². The number of rotatable bonds is 3. The maximum atomic E-state index is 10.4. The molecule has 0 aromatic heterocycles. The van der Waals surface area contributed by atoms with E-state index in [1.54, 1.807) is 0 Å². The highest BCUT2D eigenvalue weighted by molar-refractivity contribution is 4.97. The Morgan fingerprint density at radius 2 is 2.05 bits per heavy atom. The maximum absolute atomic E-state index is 10.4. The van der Waals surface area contributed by atoms with Gasteiger partial charge in [-0.05, 0) is 69.1 Å². The van der Waals surface area contributed by atoms with Crippen molar-refractivity contribution in [2.24, 2.45) is 17.8 Å². The van der Waals surface area contributed by atoms with Crippen LogP contribution in [0.15, 0.2) is 0 Å². The number of aliphatic hydroxyl groups is 1. The molecule has 2 heteroatoms. The average molecular weight is 266 g/mol. The molecule has 19 heavy (non-hydrogen) atoms. The summed E-state index contributed by atoms with van der Waals surface area (Å²) in [5.74, 6) is 2.16. The summed E-state index contributed by atoms with van der Waals surface area (Å²) in [5.41, 5.74) is 0.236. The predicted molar refractivity (Wildman–Crippen MR) is 77.0 cm³/mol. The van der Waals surface area contributed by atoms with Gasteiger partial charge in [0.15, 0.2) is 0 Å². The quantitative estimate of drug-likeness (QED) is 0.839. The molecule has 0 amide bonds. The van der Waals surface area contributed by atoms with Gasteiger partial charge < -0.3 is 9.84 Å². The first kappa shape index (κ1) is 13.9. The van der Waals surface area contributed by atoms with Crippen LogP contribution in [-0.2, 0) is 4.74 Å². The fourth-order valence-electron chi connectivity index (χ4n) is 4.81. The second-order valence-corrected chi connectivity index (χ2v) is 7.34. The molecule has 0 aromatic rings. The summed E-state index contributed by atoms with van der Waals surface area (Å²) in [7, 11) is 0. The molecule has 0 bridgehead atoms. The minimum absolute atomic E-state index is 0.0340. The van der Waals surface area contributed by atoms with Gasteiger partial charge in [0.1, 0.15) is 0 Å². The first-order valence-corrected chi connectivity index (χ1v) is 8.54. The zero-order valence-electron chi connectivity index (χ0n) is 12.4. The first-order chi connectivity index (χ1) is 9.22. The van der Waals surface area contributed by atoms with Crippen molar-refractivity contribution in [1.82, 2.24) is 0 Å². The summed E-state index contributed by atoms with van der Waals surface area (Å²) in [5, 5.41) is 10.4. The van der Waals surface area contributed by atoms with Gasteiger partial charge >= 0.3 is 0 Å². The normalized spacial score (nSPS) is 42.0. The molecule has 1 heterocycles. The highest BCUT2D eigenvalue weighted by Crippen LogP contribution is 2.49. The molecule has 1 saturated heterocycles. The molecule has 3 rings (SSSR count). The summed E-state index contributed by atoms with van der Waals surface area (Å²) in [4.78, 5) is 0. The predicted octanol–water partition coefficient (Wildman–Crippen LogP) is 3.91. The zero-order chi connectivity index (χ0) is 13.3. The van der Waals surface area contributed by atoms with Gasteiger partial charge in [-0.2, -0.15) is 0 Å². The zero-order valence-corrected chi connectivity index (χ0v) is 12.4. The van der Waals surface area contributed by atoms with E-state index in [9.17, 15) is 5.11 Å². The van der Waals surface area contributed by atoms with Gasteiger partial charge in [0.05, 0.1) is 11.7 Å². The van der Waals surface area contributed by atoms with E-state index in [1.807, 2.05) is 0 Å². The van der Waals surface area contributed by atoms with Crippen LogP contribution in [0.1, 0.15) is 71.1 Å². The smallest absolute Gasteiger partial charge is 0.0685 e. The van der Waals surface area contributed by atoms with Crippen LogP contribution in [0.5, 0.6) is 0 Å². The van der Waals surface area contributed by atoms with E-state index < -0.39 is 0 Å². The molecule has 3 fully saturated rings. The maximum Gasteiger partial charge on any atom is 0.0685 e. The van der Waals surface area contributed by atoms with Crippen LogP contribution >= 0.6 is 0 Å². The highest BCUT2D eigenvalue weighted by Gasteiger charge is 2.46. The Balaban J connectivity index is 1.62. The molecule has 2 saturated carbocycles. The van der Waals surface area contributed by atoms with Gasteiger partial charge in [0, 0.05) is 6.61 Å². The number of hydrogen-bond donors (Lipinski definition) is 1. The van der Waals surface area contributed by atoms with E-state index in [4.69, 9.17) is 4.74 Å². The Morgan fingerprint density at radius 1 is 1.21 bits per heavy atom. The van der Waals surface area contributed by atoms with Crippen molar-refractivity contribution < 1.29 is 9.84 Å². The molecule has 1 aliphatic heterocycles. The molecule has 2 aliphatic carbocycles. The van der Waals surface area contributed by atoms with E-state index in [-0.39, 0.29) is 11.7 Å². The van der Waals surface area contributed by atoms with E-state index in [1.165, 1.54) is 57.8 Å². The Kier molecular flexibility index (Phi) is 4.19. The molecular formula is C17H30O2. The number of aliphatic hydroxyl groups excluding tert-OH is 1. The SMILES string of the molecule is CCCC1CCC(O)C(C2CCOC3(CCC3)C2)C1. The van der Waals surface area contributed by atoms with Gasteiger partial charge in [-0.15, -0.1) is 0 Å². The lowest BCUT2D eigenvalue weighted by atomic mass is 9.64. The van der Waals surface area contributed by atoms with Crippen molar-refractivity contribution in [3.05, 3.63) is 0 Å². The van der Waals surface area contributed by atoms with Crippen LogP contribution in [0.3, 0.4) is 0 Å². The summed E-state index contributed by atoms with van der Waals surface area (Å²) < 4.78 is 6.05. The Hall–Kier alpha value is -0.0800. The summed E-state index contributed by atoms with van der Waals surface area (Å²) in [6.07, 6.45) is 12.5. The highest BCUT2D eigenvalue weighted by atomic mass is 16.5. The molecule has 1 N–H and O–H groups in total. The standard InChI is InChI=1S/C17H30O2/c1-2-4-13-5-6-16(18)15(11-13)14-7-10-19-17(12-14)8-3-9-17/h13-16,18H,2-12H2,1H3. The van der Waals surface area contributed by atoms with Gasteiger partial charge in [-0.25, -0.2) is 0 Å². The Bertz CT molecular complexity index is 298. The van der Waals surface area contributed by atoms with Crippen molar-refractivity contribution in [2.45, 2.75) is 82.8 Å². The largest absolute Gasteiger partial charge is 0.393 e. The van der Waals surface area contributed by atoms with Crippen LogP contribution in [0, 0.1) is 17.8 Å². The number of hydrogen-bond acceptors (Lipinski definition) is 2. The van der Waals surface area contributed by atoms with Crippen LogP contribution < -0.4 is 0 Å². The lowest BCUT2D eigenvalue weighted by molar-refractivity contribution is -0.159. The van der Waals surface area contributed by atoms with E-state index in [0.717, 1.165) is 24.9 Å². The summed E-state index contributed by atoms with van der Waals surface area (Å²) >= 11 is 0. The molecule has 0 radical (unpaired) electrons. The Labute approximate surface area is 117 Å². The lowest BCUT2D eigenvalue weighted by Gasteiger charge is -2.50. The molecule has 1 spiro atoms. The number of ether oxygens (including phenoxy) is 1. The van der Waals surface area contributed by atoms with Crippen molar-refractivity contribution in [2.75, 3.05) is 6.61 Å². The fraction of sp³-hybridized carbons (Fsp3) is 1.00. The molecule has 2 nitrogen and oxygen atoms in total. The summed E-state index contributed by atoms with van der Waals surface area (Å²) in [6.45, 7) is 3.23. The molecule has 0 aromatic carbocycles.